The topological polar surface area (TPSA) is 80.9 Å². The summed E-state index contributed by atoms with van der Waals surface area (Å²) in [5.74, 6) is -0.0598. The molecule has 7 heteroatoms. The maximum atomic E-state index is 12.7. The summed E-state index contributed by atoms with van der Waals surface area (Å²) in [4.78, 5) is 21.1. The standard InChI is InChI=1S/C15H16N4O2S/c1-7(2)12-11-10(5-8(3)17-14(11)21-19-12)13(20)18-15-9(4)16-6-22-15/h5-7H,1-4H3,(H,18,20). The summed E-state index contributed by atoms with van der Waals surface area (Å²) >= 11 is 1.40. The van der Waals surface area contributed by atoms with E-state index in [1.54, 1.807) is 11.6 Å². The van der Waals surface area contributed by atoms with Gasteiger partial charge in [-0.1, -0.05) is 19.0 Å². The number of rotatable bonds is 3. The van der Waals surface area contributed by atoms with E-state index in [9.17, 15) is 4.79 Å². The molecule has 6 nitrogen and oxygen atoms in total. The predicted octanol–water partition coefficient (Wildman–Crippen LogP) is 3.67. The monoisotopic (exact) mass is 316 g/mol. The number of pyridine rings is 1. The zero-order chi connectivity index (χ0) is 15.9. The van der Waals surface area contributed by atoms with Crippen molar-refractivity contribution < 1.29 is 9.32 Å². The fraction of sp³-hybridized carbons (Fsp3) is 0.333. The van der Waals surface area contributed by atoms with Gasteiger partial charge in [-0.3, -0.25) is 4.79 Å². The van der Waals surface area contributed by atoms with Crippen LogP contribution >= 0.6 is 11.3 Å². The van der Waals surface area contributed by atoms with Crippen LogP contribution in [0.25, 0.3) is 11.1 Å². The van der Waals surface area contributed by atoms with Crippen LogP contribution in [0.5, 0.6) is 0 Å². The Bertz CT molecular complexity index is 850. The number of hydrogen-bond donors (Lipinski definition) is 1. The van der Waals surface area contributed by atoms with Gasteiger partial charge in [0.15, 0.2) is 0 Å². The third kappa shape index (κ3) is 2.48. The van der Waals surface area contributed by atoms with Crippen LogP contribution in [0.2, 0.25) is 0 Å². The van der Waals surface area contributed by atoms with Crippen molar-refractivity contribution in [2.24, 2.45) is 0 Å². The maximum absolute atomic E-state index is 12.7. The molecule has 0 radical (unpaired) electrons. The Morgan fingerprint density at radius 1 is 1.36 bits per heavy atom. The van der Waals surface area contributed by atoms with E-state index in [1.165, 1.54) is 11.3 Å². The Kier molecular flexibility index (Phi) is 3.66. The van der Waals surface area contributed by atoms with Crippen LogP contribution in [0.3, 0.4) is 0 Å². The molecule has 1 N–H and O–H groups in total. The van der Waals surface area contributed by atoms with E-state index in [4.69, 9.17) is 4.52 Å². The number of thiazole rings is 1. The number of hydrogen-bond acceptors (Lipinski definition) is 6. The number of fused-ring (bicyclic) bond motifs is 1. The van der Waals surface area contributed by atoms with E-state index in [0.717, 1.165) is 16.4 Å². The molecule has 0 unspecified atom stereocenters. The summed E-state index contributed by atoms with van der Waals surface area (Å²) in [5.41, 5.74) is 4.89. The van der Waals surface area contributed by atoms with Crippen molar-refractivity contribution in [3.8, 4) is 0 Å². The van der Waals surface area contributed by atoms with Crippen LogP contribution in [0, 0.1) is 13.8 Å². The minimum Gasteiger partial charge on any atom is -0.335 e. The molecular weight excluding hydrogens is 300 g/mol. The first kappa shape index (κ1) is 14.6. The fourth-order valence-corrected chi connectivity index (χ4v) is 2.95. The van der Waals surface area contributed by atoms with Crippen molar-refractivity contribution in [2.75, 3.05) is 5.32 Å². The van der Waals surface area contributed by atoms with Gasteiger partial charge in [-0.2, -0.15) is 0 Å². The third-order valence-corrected chi connectivity index (χ3v) is 4.21. The Labute approximate surface area is 131 Å². The molecule has 0 saturated carbocycles. The molecule has 0 spiro atoms. The molecule has 0 saturated heterocycles. The zero-order valence-corrected chi connectivity index (χ0v) is 13.6. The lowest BCUT2D eigenvalue weighted by Crippen LogP contribution is -2.13. The average Bonchev–Trinajstić information content (AvgIpc) is 3.04. The van der Waals surface area contributed by atoms with Gasteiger partial charge < -0.3 is 9.84 Å². The van der Waals surface area contributed by atoms with Gasteiger partial charge in [0.1, 0.15) is 5.00 Å². The summed E-state index contributed by atoms with van der Waals surface area (Å²) in [6.45, 7) is 7.70. The number of carbonyl (C=O) groups is 1. The number of nitrogens with zero attached hydrogens (tertiary/aromatic N) is 3. The van der Waals surface area contributed by atoms with Crippen LogP contribution in [0.15, 0.2) is 16.1 Å². The molecule has 0 bridgehead atoms. The molecule has 3 rings (SSSR count). The van der Waals surface area contributed by atoms with Crippen LogP contribution in [0.1, 0.15) is 47.2 Å². The molecule has 0 atom stereocenters. The highest BCUT2D eigenvalue weighted by atomic mass is 32.1. The molecule has 22 heavy (non-hydrogen) atoms. The molecule has 3 aromatic heterocycles. The first-order valence-corrected chi connectivity index (χ1v) is 7.83. The number of carbonyl (C=O) groups excluding carboxylic acids is 1. The number of aromatic nitrogens is 3. The van der Waals surface area contributed by atoms with Gasteiger partial charge in [0.2, 0.25) is 0 Å². The predicted molar refractivity (Wildman–Crippen MR) is 85.4 cm³/mol. The minimum absolute atomic E-state index is 0.141. The molecule has 0 aromatic carbocycles. The molecule has 1 amide bonds. The lowest BCUT2D eigenvalue weighted by Gasteiger charge is -2.07. The molecule has 0 aliphatic carbocycles. The van der Waals surface area contributed by atoms with E-state index < -0.39 is 0 Å². The Hall–Kier alpha value is -2.28. The quantitative estimate of drug-likeness (QED) is 0.797. The summed E-state index contributed by atoms with van der Waals surface area (Å²) in [5, 5.41) is 8.39. The highest BCUT2D eigenvalue weighted by Crippen LogP contribution is 2.29. The Morgan fingerprint density at radius 3 is 2.77 bits per heavy atom. The highest BCUT2D eigenvalue weighted by molar-refractivity contribution is 7.14. The van der Waals surface area contributed by atoms with Gasteiger partial charge in [-0.15, -0.1) is 11.3 Å². The highest BCUT2D eigenvalue weighted by Gasteiger charge is 2.22. The smallest absolute Gasteiger partial charge is 0.259 e. The summed E-state index contributed by atoms with van der Waals surface area (Å²) in [7, 11) is 0. The van der Waals surface area contributed by atoms with E-state index in [-0.39, 0.29) is 11.8 Å². The van der Waals surface area contributed by atoms with Gasteiger partial charge >= 0.3 is 0 Å². The van der Waals surface area contributed by atoms with E-state index >= 15 is 0 Å². The summed E-state index contributed by atoms with van der Waals surface area (Å²) in [6.07, 6.45) is 0. The van der Waals surface area contributed by atoms with Crippen molar-refractivity contribution in [3.05, 3.63) is 34.2 Å². The molecule has 3 heterocycles. The molecule has 0 fully saturated rings. The number of nitrogens with one attached hydrogen (secondary N) is 1. The summed E-state index contributed by atoms with van der Waals surface area (Å²) in [6, 6.07) is 1.76. The van der Waals surface area contributed by atoms with E-state index in [0.29, 0.717) is 22.4 Å². The zero-order valence-electron chi connectivity index (χ0n) is 12.8. The lowest BCUT2D eigenvalue weighted by atomic mass is 10.0. The largest absolute Gasteiger partial charge is 0.335 e. The fourth-order valence-electron chi connectivity index (χ4n) is 2.26. The summed E-state index contributed by atoms with van der Waals surface area (Å²) < 4.78 is 5.29. The second-order valence-electron chi connectivity index (χ2n) is 5.43. The van der Waals surface area contributed by atoms with Crippen molar-refractivity contribution in [3.63, 3.8) is 0 Å². The third-order valence-electron chi connectivity index (χ3n) is 3.37. The minimum atomic E-state index is -0.201. The second kappa shape index (κ2) is 5.49. The van der Waals surface area contributed by atoms with Crippen LogP contribution in [-0.2, 0) is 0 Å². The van der Waals surface area contributed by atoms with Crippen LogP contribution in [0.4, 0.5) is 5.00 Å². The maximum Gasteiger partial charge on any atom is 0.259 e. The Morgan fingerprint density at radius 2 is 2.14 bits per heavy atom. The SMILES string of the molecule is Cc1cc(C(=O)Nc2scnc2C)c2c(C(C)C)noc2n1. The van der Waals surface area contributed by atoms with Gasteiger partial charge in [0.25, 0.3) is 11.6 Å². The normalized spacial score (nSPS) is 11.3. The lowest BCUT2D eigenvalue weighted by molar-refractivity contribution is 0.102. The average molecular weight is 316 g/mol. The number of aryl methyl sites for hydroxylation is 2. The first-order chi connectivity index (χ1) is 10.5. The van der Waals surface area contributed by atoms with Crippen molar-refractivity contribution in [1.82, 2.24) is 15.1 Å². The number of anilines is 1. The van der Waals surface area contributed by atoms with E-state index in [1.807, 2.05) is 27.7 Å². The second-order valence-corrected chi connectivity index (χ2v) is 6.29. The van der Waals surface area contributed by atoms with Gasteiger partial charge in [0.05, 0.1) is 27.8 Å². The molecule has 114 valence electrons. The Balaban J connectivity index is 2.10. The number of amides is 1. The van der Waals surface area contributed by atoms with Gasteiger partial charge in [0, 0.05) is 5.69 Å². The van der Waals surface area contributed by atoms with Crippen LogP contribution in [-0.4, -0.2) is 21.0 Å². The first-order valence-electron chi connectivity index (χ1n) is 6.95. The van der Waals surface area contributed by atoms with Gasteiger partial charge in [-0.25, -0.2) is 9.97 Å². The van der Waals surface area contributed by atoms with Gasteiger partial charge in [-0.05, 0) is 25.8 Å². The van der Waals surface area contributed by atoms with Crippen molar-refractivity contribution in [2.45, 2.75) is 33.6 Å². The van der Waals surface area contributed by atoms with Crippen molar-refractivity contribution >= 4 is 33.3 Å². The van der Waals surface area contributed by atoms with E-state index in [2.05, 4.69) is 20.4 Å². The molecule has 0 aliphatic heterocycles. The molecule has 0 aliphatic rings. The molecule has 3 aromatic rings. The van der Waals surface area contributed by atoms with Crippen molar-refractivity contribution in [1.29, 1.82) is 0 Å². The van der Waals surface area contributed by atoms with Crippen LogP contribution < -0.4 is 5.32 Å². The molecular formula is C15H16N4O2S.